The largest absolute Gasteiger partial charge is 0.417 e. The standard InChI is InChI=1S/C21H24F3N3O4S/c22-21(23,24)16-3-1-2-4-18(16)32(29,30)15-11-17(19(28)26-20(13-25)7-8-20)27(12-15)14-5-9-31-10-6-14/h1-4,14-15,17H,5-12H2,(H,26,28). The Kier molecular flexibility index (Phi) is 5.98. The van der Waals surface area contributed by atoms with Gasteiger partial charge in [0.15, 0.2) is 9.84 Å². The number of alkyl halides is 3. The molecule has 1 aliphatic carbocycles. The number of nitriles is 1. The van der Waals surface area contributed by atoms with Crippen molar-refractivity contribution in [2.45, 2.75) is 66.0 Å². The number of halogens is 3. The minimum atomic E-state index is -4.81. The second kappa shape index (κ2) is 8.32. The third kappa shape index (κ3) is 4.36. The van der Waals surface area contributed by atoms with E-state index < -0.39 is 49.2 Å². The van der Waals surface area contributed by atoms with Crippen molar-refractivity contribution in [1.82, 2.24) is 10.2 Å². The first kappa shape index (κ1) is 23.0. The molecule has 32 heavy (non-hydrogen) atoms. The fourth-order valence-corrected chi connectivity index (χ4v) is 6.48. The number of hydrogen-bond donors (Lipinski definition) is 1. The van der Waals surface area contributed by atoms with Gasteiger partial charge in [0.25, 0.3) is 0 Å². The molecule has 0 aromatic heterocycles. The van der Waals surface area contributed by atoms with Gasteiger partial charge in [0.1, 0.15) is 5.54 Å². The van der Waals surface area contributed by atoms with E-state index in [0.29, 0.717) is 38.9 Å². The zero-order valence-corrected chi connectivity index (χ0v) is 18.1. The lowest BCUT2D eigenvalue weighted by Crippen LogP contribution is -2.51. The number of nitrogens with zero attached hydrogens (tertiary/aromatic N) is 2. The van der Waals surface area contributed by atoms with E-state index in [-0.39, 0.29) is 19.0 Å². The Hall–Kier alpha value is -2.16. The molecule has 3 aliphatic rings. The third-order valence-corrected chi connectivity index (χ3v) is 8.72. The molecule has 11 heteroatoms. The summed E-state index contributed by atoms with van der Waals surface area (Å²) in [5.74, 6) is -0.447. The van der Waals surface area contributed by atoms with Crippen molar-refractivity contribution in [3.8, 4) is 6.07 Å². The van der Waals surface area contributed by atoms with Crippen LogP contribution in [-0.2, 0) is 25.5 Å². The highest BCUT2D eigenvalue weighted by molar-refractivity contribution is 7.92. The van der Waals surface area contributed by atoms with E-state index in [1.807, 2.05) is 0 Å². The molecule has 0 spiro atoms. The normalized spacial score (nSPS) is 26.4. The van der Waals surface area contributed by atoms with Crippen molar-refractivity contribution in [2.75, 3.05) is 19.8 Å². The fraction of sp³-hybridized carbons (Fsp3) is 0.619. The van der Waals surface area contributed by atoms with Crippen LogP contribution in [0.15, 0.2) is 29.2 Å². The topological polar surface area (TPSA) is 99.5 Å². The molecule has 0 radical (unpaired) electrons. The molecular weight excluding hydrogens is 447 g/mol. The van der Waals surface area contributed by atoms with Crippen molar-refractivity contribution in [3.63, 3.8) is 0 Å². The van der Waals surface area contributed by atoms with Crippen LogP contribution in [0.2, 0.25) is 0 Å². The summed E-state index contributed by atoms with van der Waals surface area (Å²) in [5.41, 5.74) is -2.12. The van der Waals surface area contributed by atoms with Crippen LogP contribution in [0, 0.1) is 11.3 Å². The first-order valence-corrected chi connectivity index (χ1v) is 12.1. The Morgan fingerprint density at radius 2 is 1.88 bits per heavy atom. The minimum absolute atomic E-state index is 0.0448. The van der Waals surface area contributed by atoms with Gasteiger partial charge in [-0.05, 0) is 44.2 Å². The van der Waals surface area contributed by atoms with Gasteiger partial charge in [0.2, 0.25) is 5.91 Å². The number of ether oxygens (including phenoxy) is 1. The number of benzene rings is 1. The molecule has 7 nitrogen and oxygen atoms in total. The molecular formula is C21H24F3N3O4S. The van der Waals surface area contributed by atoms with E-state index in [9.17, 15) is 31.6 Å². The maximum Gasteiger partial charge on any atom is 0.417 e. The highest BCUT2D eigenvalue weighted by Crippen LogP contribution is 2.39. The Morgan fingerprint density at radius 3 is 2.47 bits per heavy atom. The van der Waals surface area contributed by atoms with Gasteiger partial charge in [-0.1, -0.05) is 12.1 Å². The van der Waals surface area contributed by atoms with Crippen LogP contribution in [0.5, 0.6) is 0 Å². The summed E-state index contributed by atoms with van der Waals surface area (Å²) in [5, 5.41) is 10.9. The van der Waals surface area contributed by atoms with E-state index in [0.717, 1.165) is 18.2 Å². The van der Waals surface area contributed by atoms with Gasteiger partial charge in [-0.25, -0.2) is 8.42 Å². The highest BCUT2D eigenvalue weighted by Gasteiger charge is 2.51. The lowest BCUT2D eigenvalue weighted by atomic mass is 10.1. The Bertz CT molecular complexity index is 1030. The number of nitrogens with one attached hydrogen (secondary N) is 1. The summed E-state index contributed by atoms with van der Waals surface area (Å²) >= 11 is 0. The average molecular weight is 472 g/mol. The van der Waals surface area contributed by atoms with Crippen LogP contribution in [0.25, 0.3) is 0 Å². The van der Waals surface area contributed by atoms with Crippen LogP contribution in [0.3, 0.4) is 0 Å². The van der Waals surface area contributed by atoms with Gasteiger partial charge in [0.05, 0.1) is 27.8 Å². The molecule has 2 saturated heterocycles. The predicted octanol–water partition coefficient (Wildman–Crippen LogP) is 2.27. The summed E-state index contributed by atoms with van der Waals surface area (Å²) in [6.45, 7) is 0.884. The fourth-order valence-electron chi connectivity index (χ4n) is 4.56. The summed E-state index contributed by atoms with van der Waals surface area (Å²) < 4.78 is 72.5. The summed E-state index contributed by atoms with van der Waals surface area (Å²) in [6, 6.07) is 5.27. The molecule has 3 fully saturated rings. The molecule has 2 atom stereocenters. The quantitative estimate of drug-likeness (QED) is 0.707. The van der Waals surface area contributed by atoms with Gasteiger partial charge < -0.3 is 10.1 Å². The third-order valence-electron chi connectivity index (χ3n) is 6.53. The molecule has 174 valence electrons. The predicted molar refractivity (Wildman–Crippen MR) is 107 cm³/mol. The lowest BCUT2D eigenvalue weighted by Gasteiger charge is -2.35. The smallest absolute Gasteiger partial charge is 0.381 e. The van der Waals surface area contributed by atoms with Crippen LogP contribution in [0.4, 0.5) is 13.2 Å². The number of sulfone groups is 1. The first-order valence-electron chi connectivity index (χ1n) is 10.5. The van der Waals surface area contributed by atoms with E-state index >= 15 is 0 Å². The number of carbonyl (C=O) groups is 1. The Balaban J connectivity index is 1.64. The lowest BCUT2D eigenvalue weighted by molar-refractivity contribution is -0.139. The minimum Gasteiger partial charge on any atom is -0.381 e. The Labute approximate surface area is 184 Å². The summed E-state index contributed by atoms with van der Waals surface area (Å²) in [7, 11) is -4.36. The number of likely N-dealkylation sites (tertiary alicyclic amines) is 1. The summed E-state index contributed by atoms with van der Waals surface area (Å²) in [4.78, 5) is 14.1. The average Bonchev–Trinajstić information content (AvgIpc) is 3.39. The zero-order chi connectivity index (χ0) is 23.1. The van der Waals surface area contributed by atoms with E-state index in [1.165, 1.54) is 6.07 Å². The highest BCUT2D eigenvalue weighted by atomic mass is 32.2. The maximum atomic E-state index is 13.5. The van der Waals surface area contributed by atoms with E-state index in [1.54, 1.807) is 4.90 Å². The first-order chi connectivity index (χ1) is 15.1. The van der Waals surface area contributed by atoms with Crippen LogP contribution < -0.4 is 5.32 Å². The van der Waals surface area contributed by atoms with Crippen LogP contribution >= 0.6 is 0 Å². The van der Waals surface area contributed by atoms with Crippen LogP contribution in [0.1, 0.15) is 37.7 Å². The molecule has 4 rings (SSSR count). The molecule has 0 bridgehead atoms. The Morgan fingerprint density at radius 1 is 1.22 bits per heavy atom. The molecule has 1 aromatic carbocycles. The van der Waals surface area contributed by atoms with Crippen molar-refractivity contribution in [1.29, 1.82) is 5.26 Å². The van der Waals surface area contributed by atoms with Crippen molar-refractivity contribution >= 4 is 15.7 Å². The molecule has 1 aromatic rings. The van der Waals surface area contributed by atoms with Gasteiger partial charge in [-0.15, -0.1) is 0 Å². The van der Waals surface area contributed by atoms with Crippen molar-refractivity contribution < 1.29 is 31.1 Å². The van der Waals surface area contributed by atoms with Gasteiger partial charge in [0, 0.05) is 25.8 Å². The monoisotopic (exact) mass is 471 g/mol. The van der Waals surface area contributed by atoms with Crippen molar-refractivity contribution in [2.24, 2.45) is 0 Å². The number of amides is 1. The SMILES string of the molecule is N#CC1(NC(=O)C2CC(S(=O)(=O)c3ccccc3C(F)(F)F)CN2C2CCOCC2)CC1. The zero-order valence-electron chi connectivity index (χ0n) is 17.3. The molecule has 2 unspecified atom stereocenters. The van der Waals surface area contributed by atoms with E-state index in [4.69, 9.17) is 4.74 Å². The number of rotatable bonds is 5. The second-order valence-electron chi connectivity index (χ2n) is 8.64. The molecule has 1 N–H and O–H groups in total. The van der Waals surface area contributed by atoms with Gasteiger partial charge in [-0.3, -0.25) is 9.69 Å². The maximum absolute atomic E-state index is 13.5. The van der Waals surface area contributed by atoms with Crippen molar-refractivity contribution in [3.05, 3.63) is 29.8 Å². The van der Waals surface area contributed by atoms with Gasteiger partial charge >= 0.3 is 6.18 Å². The van der Waals surface area contributed by atoms with Gasteiger partial charge in [-0.2, -0.15) is 18.4 Å². The number of carbonyl (C=O) groups excluding carboxylic acids is 1. The number of hydrogen-bond acceptors (Lipinski definition) is 6. The molecule has 2 heterocycles. The summed E-state index contributed by atoms with van der Waals surface area (Å²) in [6.07, 6.45) is -2.69. The molecule has 2 aliphatic heterocycles. The van der Waals surface area contributed by atoms with Crippen LogP contribution in [-0.4, -0.2) is 61.9 Å². The second-order valence-corrected chi connectivity index (χ2v) is 10.8. The van der Waals surface area contributed by atoms with E-state index in [2.05, 4.69) is 11.4 Å². The molecule has 1 amide bonds. The molecule has 1 saturated carbocycles.